The molecule has 0 aliphatic carbocycles. The molecule has 0 radical (unpaired) electrons. The summed E-state index contributed by atoms with van der Waals surface area (Å²) >= 11 is 0. The molecule has 0 saturated carbocycles. The molecule has 1 atom stereocenters. The monoisotopic (exact) mass is 381 g/mol. The average molecular weight is 381 g/mol. The van der Waals surface area contributed by atoms with Gasteiger partial charge in [0.25, 0.3) is 0 Å². The summed E-state index contributed by atoms with van der Waals surface area (Å²) in [6, 6.07) is 13.6. The van der Waals surface area contributed by atoms with Crippen LogP contribution >= 0.6 is 0 Å². The van der Waals surface area contributed by atoms with Crippen LogP contribution in [0, 0.1) is 11.7 Å². The average Bonchev–Trinajstić information content (AvgIpc) is 3.04. The van der Waals surface area contributed by atoms with Crippen molar-refractivity contribution in [3.05, 3.63) is 65.5 Å². The molecule has 0 spiro atoms. The Bertz CT molecular complexity index is 883. The van der Waals surface area contributed by atoms with E-state index in [-0.39, 0.29) is 36.0 Å². The van der Waals surface area contributed by atoms with E-state index < -0.39 is 5.92 Å². The summed E-state index contributed by atoms with van der Waals surface area (Å²) in [5, 5.41) is 4.01. The molecule has 0 bridgehead atoms. The molecule has 0 unspecified atom stereocenters. The van der Waals surface area contributed by atoms with Crippen LogP contribution in [0.1, 0.15) is 38.3 Å². The third-order valence-corrected chi connectivity index (χ3v) is 4.80. The fourth-order valence-electron chi connectivity index (χ4n) is 3.08. The molecule has 1 saturated heterocycles. The lowest BCUT2D eigenvalue weighted by atomic mass is 9.87. The van der Waals surface area contributed by atoms with Gasteiger partial charge in [-0.1, -0.05) is 45.0 Å². The number of carbonyl (C=O) groups is 2. The Hall–Kier alpha value is -3.02. The highest BCUT2D eigenvalue weighted by atomic mass is 19.1. The van der Waals surface area contributed by atoms with E-state index in [0.717, 1.165) is 5.56 Å². The van der Waals surface area contributed by atoms with Crippen molar-refractivity contribution in [2.75, 3.05) is 11.4 Å². The zero-order chi connectivity index (χ0) is 20.3. The Morgan fingerprint density at radius 1 is 1.14 bits per heavy atom. The number of carbonyl (C=O) groups excluding carboxylic acids is 2. The van der Waals surface area contributed by atoms with E-state index in [1.54, 1.807) is 6.21 Å². The summed E-state index contributed by atoms with van der Waals surface area (Å²) in [6.45, 7) is 6.70. The minimum Gasteiger partial charge on any atom is -0.312 e. The Labute approximate surface area is 164 Å². The molecule has 146 valence electrons. The van der Waals surface area contributed by atoms with Gasteiger partial charge in [0.1, 0.15) is 5.82 Å². The molecule has 2 aromatic carbocycles. The van der Waals surface area contributed by atoms with Crippen LogP contribution in [0.3, 0.4) is 0 Å². The minimum absolute atomic E-state index is 0.0787. The van der Waals surface area contributed by atoms with Crippen molar-refractivity contribution >= 4 is 23.7 Å². The molecule has 6 heteroatoms. The number of hydrazone groups is 1. The van der Waals surface area contributed by atoms with Gasteiger partial charge < -0.3 is 4.90 Å². The maximum Gasteiger partial charge on any atom is 0.245 e. The van der Waals surface area contributed by atoms with Crippen molar-refractivity contribution in [3.63, 3.8) is 0 Å². The Morgan fingerprint density at radius 2 is 1.79 bits per heavy atom. The standard InChI is InChI=1S/C22H24FN3O2/c1-22(2,3)17-6-4-15(5-7-17)13-24-25-21(28)16-12-20(27)26(14-16)19-10-8-18(23)9-11-19/h4-11,13,16H,12,14H2,1-3H3,(H,25,28)/b24-13-/t16-/m0/s1. The summed E-state index contributed by atoms with van der Waals surface area (Å²) in [5.74, 6) is -1.32. The summed E-state index contributed by atoms with van der Waals surface area (Å²) in [5.41, 5.74) is 5.28. The van der Waals surface area contributed by atoms with Gasteiger partial charge in [0, 0.05) is 18.7 Å². The van der Waals surface area contributed by atoms with Gasteiger partial charge in [0.05, 0.1) is 12.1 Å². The van der Waals surface area contributed by atoms with E-state index in [2.05, 4.69) is 31.3 Å². The molecule has 1 heterocycles. The zero-order valence-corrected chi connectivity index (χ0v) is 16.3. The lowest BCUT2D eigenvalue weighted by molar-refractivity contribution is -0.126. The van der Waals surface area contributed by atoms with Crippen molar-refractivity contribution in [1.82, 2.24) is 5.43 Å². The predicted octanol–water partition coefficient (Wildman–Crippen LogP) is 3.63. The molecule has 1 fully saturated rings. The molecule has 3 rings (SSSR count). The molecule has 1 aliphatic heterocycles. The van der Waals surface area contributed by atoms with Crippen LogP contribution in [0.15, 0.2) is 53.6 Å². The normalized spacial score (nSPS) is 17.4. The zero-order valence-electron chi connectivity index (χ0n) is 16.3. The first kappa shape index (κ1) is 19.7. The molecule has 1 N–H and O–H groups in total. The lowest BCUT2D eigenvalue weighted by Crippen LogP contribution is -2.30. The van der Waals surface area contributed by atoms with Crippen LogP contribution in [-0.2, 0) is 15.0 Å². The lowest BCUT2D eigenvalue weighted by Gasteiger charge is -2.18. The largest absolute Gasteiger partial charge is 0.312 e. The van der Waals surface area contributed by atoms with Crippen molar-refractivity contribution in [1.29, 1.82) is 0 Å². The number of rotatable bonds is 4. The molecule has 2 amide bonds. The van der Waals surface area contributed by atoms with Crippen molar-refractivity contribution in [2.45, 2.75) is 32.6 Å². The third-order valence-electron chi connectivity index (χ3n) is 4.80. The van der Waals surface area contributed by atoms with Crippen LogP contribution in [0.25, 0.3) is 0 Å². The van der Waals surface area contributed by atoms with Gasteiger partial charge in [-0.2, -0.15) is 5.10 Å². The second kappa shape index (κ2) is 7.92. The van der Waals surface area contributed by atoms with Crippen molar-refractivity contribution in [2.24, 2.45) is 11.0 Å². The minimum atomic E-state index is -0.488. The van der Waals surface area contributed by atoms with Gasteiger partial charge in [-0.3, -0.25) is 9.59 Å². The number of nitrogens with one attached hydrogen (secondary N) is 1. The number of amides is 2. The van der Waals surface area contributed by atoms with Gasteiger partial charge >= 0.3 is 0 Å². The van der Waals surface area contributed by atoms with Crippen molar-refractivity contribution < 1.29 is 14.0 Å². The number of halogens is 1. The van der Waals surface area contributed by atoms with E-state index in [4.69, 9.17) is 0 Å². The first-order chi connectivity index (χ1) is 13.2. The molecule has 5 nitrogen and oxygen atoms in total. The summed E-state index contributed by atoms with van der Waals surface area (Å²) in [6.07, 6.45) is 1.69. The maximum absolute atomic E-state index is 13.1. The maximum atomic E-state index is 13.1. The van der Waals surface area contributed by atoms with Gasteiger partial charge in [0.2, 0.25) is 11.8 Å². The number of anilines is 1. The molecular weight excluding hydrogens is 357 g/mol. The highest BCUT2D eigenvalue weighted by Gasteiger charge is 2.35. The number of hydrogen-bond donors (Lipinski definition) is 1. The Morgan fingerprint density at radius 3 is 2.39 bits per heavy atom. The van der Waals surface area contributed by atoms with E-state index in [1.165, 1.54) is 34.7 Å². The van der Waals surface area contributed by atoms with E-state index in [1.807, 2.05) is 24.3 Å². The fraction of sp³-hybridized carbons (Fsp3) is 0.318. The summed E-state index contributed by atoms with van der Waals surface area (Å²) < 4.78 is 13.1. The van der Waals surface area contributed by atoms with Crippen LogP contribution in [0.4, 0.5) is 10.1 Å². The summed E-state index contributed by atoms with van der Waals surface area (Å²) in [4.78, 5) is 26.0. The smallest absolute Gasteiger partial charge is 0.245 e. The van der Waals surface area contributed by atoms with Gasteiger partial charge in [-0.05, 0) is 40.8 Å². The second-order valence-electron chi connectivity index (χ2n) is 7.99. The second-order valence-corrected chi connectivity index (χ2v) is 7.99. The van der Waals surface area contributed by atoms with E-state index in [9.17, 15) is 14.0 Å². The van der Waals surface area contributed by atoms with E-state index >= 15 is 0 Å². The molecule has 28 heavy (non-hydrogen) atoms. The Kier molecular flexibility index (Phi) is 5.58. The van der Waals surface area contributed by atoms with Crippen LogP contribution in [0.5, 0.6) is 0 Å². The van der Waals surface area contributed by atoms with Crippen molar-refractivity contribution in [3.8, 4) is 0 Å². The van der Waals surface area contributed by atoms with Gasteiger partial charge in [-0.15, -0.1) is 0 Å². The van der Waals surface area contributed by atoms with Gasteiger partial charge in [-0.25, -0.2) is 9.82 Å². The molecule has 0 aromatic heterocycles. The first-order valence-corrected chi connectivity index (χ1v) is 9.23. The quantitative estimate of drug-likeness (QED) is 0.649. The van der Waals surface area contributed by atoms with Crippen LogP contribution in [0.2, 0.25) is 0 Å². The predicted molar refractivity (Wildman–Crippen MR) is 108 cm³/mol. The molecule has 1 aliphatic rings. The number of benzene rings is 2. The van der Waals surface area contributed by atoms with E-state index in [0.29, 0.717) is 5.69 Å². The fourth-order valence-corrected chi connectivity index (χ4v) is 3.08. The molecular formula is C22H24FN3O2. The third kappa shape index (κ3) is 4.63. The SMILES string of the molecule is CC(C)(C)c1ccc(/C=N\NC(=O)[C@H]2CC(=O)N(c3ccc(F)cc3)C2)cc1. The first-order valence-electron chi connectivity index (χ1n) is 9.23. The van der Waals surface area contributed by atoms with Gasteiger partial charge in [0.15, 0.2) is 0 Å². The van der Waals surface area contributed by atoms with Crippen LogP contribution in [-0.4, -0.2) is 24.6 Å². The number of nitrogens with zero attached hydrogens (tertiary/aromatic N) is 2. The number of hydrogen-bond acceptors (Lipinski definition) is 3. The Balaban J connectivity index is 1.57. The molecule has 2 aromatic rings. The highest BCUT2D eigenvalue weighted by molar-refractivity contribution is 6.00. The topological polar surface area (TPSA) is 61.8 Å². The highest BCUT2D eigenvalue weighted by Crippen LogP contribution is 2.25. The van der Waals surface area contributed by atoms with Crippen LogP contribution < -0.4 is 10.3 Å². The summed E-state index contributed by atoms with van der Waals surface area (Å²) in [7, 11) is 0.